The molecule has 152 valence electrons. The van der Waals surface area contributed by atoms with Crippen molar-refractivity contribution in [3.05, 3.63) is 64.7 Å². The fourth-order valence-electron chi connectivity index (χ4n) is 3.34. The van der Waals surface area contributed by atoms with E-state index in [-0.39, 0.29) is 37.0 Å². The number of nitrogens with zero attached hydrogens (tertiary/aromatic N) is 1. The minimum absolute atomic E-state index is 0.0515. The van der Waals surface area contributed by atoms with Gasteiger partial charge in [0.05, 0.1) is 5.92 Å². The normalized spacial score (nSPS) is 17.3. The summed E-state index contributed by atoms with van der Waals surface area (Å²) in [6, 6.07) is 13.9. The summed E-state index contributed by atoms with van der Waals surface area (Å²) in [4.78, 5) is 39.5. The average molecular weight is 434 g/mol. The number of alkyl halides is 1. The molecule has 0 aliphatic carbocycles. The highest BCUT2D eigenvalue weighted by molar-refractivity contribution is 6.30. The highest BCUT2D eigenvalue weighted by Crippen LogP contribution is 2.29. The number of para-hydroxylation sites is 1. The molecule has 0 aromatic heterocycles. The minimum Gasteiger partial charge on any atom is -0.454 e. The first-order valence-corrected chi connectivity index (χ1v) is 10.2. The maximum atomic E-state index is 12.7. The van der Waals surface area contributed by atoms with Gasteiger partial charge in [0.1, 0.15) is 0 Å². The quantitative estimate of drug-likeness (QED) is 0.368. The molecule has 3 rings (SSSR count). The van der Waals surface area contributed by atoms with Gasteiger partial charge < -0.3 is 9.64 Å². The van der Waals surface area contributed by atoms with Crippen molar-refractivity contribution in [3.63, 3.8) is 0 Å². The van der Waals surface area contributed by atoms with E-state index >= 15 is 0 Å². The summed E-state index contributed by atoms with van der Waals surface area (Å²) in [6.07, 6.45) is -0.754. The van der Waals surface area contributed by atoms with E-state index in [2.05, 4.69) is 0 Å². The van der Waals surface area contributed by atoms with E-state index in [9.17, 15) is 14.4 Å². The molecular weight excluding hydrogens is 413 g/mol. The molecule has 1 aliphatic rings. The fourth-order valence-corrected chi connectivity index (χ4v) is 3.67. The lowest BCUT2D eigenvalue weighted by Crippen LogP contribution is -2.32. The number of halogens is 2. The monoisotopic (exact) mass is 433 g/mol. The zero-order chi connectivity index (χ0) is 21.0. The number of aryl methyl sites for hydroxylation is 1. The van der Waals surface area contributed by atoms with E-state index in [1.165, 1.54) is 0 Å². The third-order valence-electron chi connectivity index (χ3n) is 4.92. The molecule has 0 saturated carbocycles. The van der Waals surface area contributed by atoms with Crippen molar-refractivity contribution in [3.8, 4) is 0 Å². The summed E-state index contributed by atoms with van der Waals surface area (Å²) in [5.74, 6) is -1.50. The number of esters is 1. The molecule has 2 atom stereocenters. The molecule has 0 radical (unpaired) electrons. The van der Waals surface area contributed by atoms with Crippen LogP contribution in [0.2, 0.25) is 5.02 Å². The predicted octanol–water partition coefficient (Wildman–Crippen LogP) is 4.42. The molecule has 5 nitrogen and oxygen atoms in total. The third kappa shape index (κ3) is 4.98. The lowest BCUT2D eigenvalue weighted by molar-refractivity contribution is -0.151. The summed E-state index contributed by atoms with van der Waals surface area (Å²) in [7, 11) is 0. The first-order valence-electron chi connectivity index (χ1n) is 9.33. The van der Waals surface area contributed by atoms with Crippen LogP contribution in [0.25, 0.3) is 0 Å². The molecule has 1 aliphatic heterocycles. The van der Waals surface area contributed by atoms with Crippen LogP contribution < -0.4 is 4.90 Å². The van der Waals surface area contributed by atoms with Gasteiger partial charge in [-0.05, 0) is 42.8 Å². The fraction of sp³-hybridized carbons (Fsp3) is 0.318. The largest absolute Gasteiger partial charge is 0.454 e. The minimum atomic E-state index is -0.996. The van der Waals surface area contributed by atoms with Crippen molar-refractivity contribution in [2.45, 2.75) is 25.9 Å². The van der Waals surface area contributed by atoms with E-state index in [0.717, 1.165) is 11.3 Å². The van der Waals surface area contributed by atoms with Crippen molar-refractivity contribution in [1.82, 2.24) is 0 Å². The zero-order valence-electron chi connectivity index (χ0n) is 15.9. The molecule has 0 bridgehead atoms. The van der Waals surface area contributed by atoms with Gasteiger partial charge in [-0.1, -0.05) is 29.8 Å². The van der Waals surface area contributed by atoms with Crippen LogP contribution in [0.3, 0.4) is 0 Å². The number of rotatable bonds is 7. The Morgan fingerprint density at radius 1 is 1.17 bits per heavy atom. The summed E-state index contributed by atoms with van der Waals surface area (Å²) in [6.45, 7) is 2.14. The molecule has 0 spiro atoms. The van der Waals surface area contributed by atoms with Gasteiger partial charge in [0, 0.05) is 41.5 Å². The second kappa shape index (κ2) is 9.42. The van der Waals surface area contributed by atoms with Crippen LogP contribution in [-0.2, 0) is 14.3 Å². The number of Topliss-reactive ketones (excluding diaryl/α,β-unsaturated/α-hetero) is 1. The number of ether oxygens (including phenoxy) is 1. The molecule has 1 amide bonds. The molecular formula is C22H21Cl2NO4. The molecule has 1 saturated heterocycles. The van der Waals surface area contributed by atoms with Crippen LogP contribution in [0.4, 0.5) is 5.69 Å². The van der Waals surface area contributed by atoms with Crippen molar-refractivity contribution < 1.29 is 19.1 Å². The predicted molar refractivity (Wildman–Crippen MR) is 113 cm³/mol. The third-order valence-corrected chi connectivity index (χ3v) is 5.39. The van der Waals surface area contributed by atoms with Gasteiger partial charge in [-0.25, -0.2) is 0 Å². The van der Waals surface area contributed by atoms with Gasteiger partial charge >= 0.3 is 5.97 Å². The summed E-state index contributed by atoms with van der Waals surface area (Å²) < 4.78 is 5.50. The van der Waals surface area contributed by atoms with Crippen LogP contribution >= 0.6 is 23.2 Å². The average Bonchev–Trinajstić information content (AvgIpc) is 3.09. The first kappa shape index (κ1) is 21.3. The lowest BCUT2D eigenvalue weighted by Gasteiger charge is -2.20. The van der Waals surface area contributed by atoms with Gasteiger partial charge in [0.15, 0.2) is 6.10 Å². The molecule has 1 fully saturated rings. The molecule has 7 heteroatoms. The van der Waals surface area contributed by atoms with Crippen molar-refractivity contribution >= 4 is 46.5 Å². The molecule has 0 unspecified atom stereocenters. The highest BCUT2D eigenvalue weighted by atomic mass is 35.5. The van der Waals surface area contributed by atoms with Gasteiger partial charge in [-0.2, -0.15) is 0 Å². The Balaban J connectivity index is 1.70. The standard InChI is InChI=1S/C22H21Cl2NO4/c1-14-4-2-3-5-18(14)25-13-16(12-20(25)26)22(28)29-19(10-11-23)21(27)15-6-8-17(24)9-7-15/h2-9,16,19H,10-13H2,1H3/t16-,19+/m0/s1. The Labute approximate surface area is 179 Å². The van der Waals surface area contributed by atoms with Gasteiger partial charge in [0.25, 0.3) is 0 Å². The Bertz CT molecular complexity index is 913. The van der Waals surface area contributed by atoms with Crippen LogP contribution in [0.5, 0.6) is 0 Å². The number of anilines is 1. The Morgan fingerprint density at radius 2 is 1.86 bits per heavy atom. The molecule has 2 aromatic carbocycles. The topological polar surface area (TPSA) is 63.7 Å². The Morgan fingerprint density at radius 3 is 2.52 bits per heavy atom. The number of carbonyl (C=O) groups is 3. The lowest BCUT2D eigenvalue weighted by atomic mass is 10.0. The van der Waals surface area contributed by atoms with Crippen molar-refractivity contribution in [2.24, 2.45) is 5.92 Å². The summed E-state index contributed by atoms with van der Waals surface area (Å²) >= 11 is 11.7. The second-order valence-electron chi connectivity index (χ2n) is 6.97. The SMILES string of the molecule is Cc1ccccc1N1C[C@@H](C(=O)O[C@H](CCCl)C(=O)c2ccc(Cl)cc2)CC1=O. The van der Waals surface area contributed by atoms with Crippen LogP contribution in [0.1, 0.15) is 28.8 Å². The van der Waals surface area contributed by atoms with Crippen LogP contribution in [-0.4, -0.2) is 36.2 Å². The highest BCUT2D eigenvalue weighted by Gasteiger charge is 2.38. The Kier molecular flexibility index (Phi) is 6.93. The van der Waals surface area contributed by atoms with Crippen molar-refractivity contribution in [1.29, 1.82) is 0 Å². The maximum Gasteiger partial charge on any atom is 0.312 e. The molecule has 2 aromatic rings. The van der Waals surface area contributed by atoms with Gasteiger partial charge in [0.2, 0.25) is 11.7 Å². The van der Waals surface area contributed by atoms with Gasteiger partial charge in [-0.15, -0.1) is 11.6 Å². The maximum absolute atomic E-state index is 12.7. The number of hydrogen-bond acceptors (Lipinski definition) is 4. The number of ketones is 1. The summed E-state index contributed by atoms with van der Waals surface area (Å²) in [5.41, 5.74) is 2.12. The number of benzene rings is 2. The molecule has 0 N–H and O–H groups in total. The van der Waals surface area contributed by atoms with Gasteiger partial charge in [-0.3, -0.25) is 14.4 Å². The molecule has 29 heavy (non-hydrogen) atoms. The van der Waals surface area contributed by atoms with E-state index in [4.69, 9.17) is 27.9 Å². The number of carbonyl (C=O) groups excluding carboxylic acids is 3. The van der Waals surface area contributed by atoms with E-state index in [0.29, 0.717) is 10.6 Å². The first-order chi connectivity index (χ1) is 13.9. The second-order valence-corrected chi connectivity index (χ2v) is 7.78. The van der Waals surface area contributed by atoms with E-state index < -0.39 is 18.0 Å². The summed E-state index contributed by atoms with van der Waals surface area (Å²) in [5, 5.41) is 0.508. The number of hydrogen-bond donors (Lipinski definition) is 0. The van der Waals surface area contributed by atoms with E-state index in [1.807, 2.05) is 31.2 Å². The smallest absolute Gasteiger partial charge is 0.312 e. The zero-order valence-corrected chi connectivity index (χ0v) is 17.4. The van der Waals surface area contributed by atoms with Crippen molar-refractivity contribution in [2.75, 3.05) is 17.3 Å². The van der Waals surface area contributed by atoms with E-state index in [1.54, 1.807) is 29.2 Å². The number of amides is 1. The van der Waals surface area contributed by atoms with Crippen LogP contribution in [0, 0.1) is 12.8 Å². The van der Waals surface area contributed by atoms with Crippen LogP contribution in [0.15, 0.2) is 48.5 Å². The Hall–Kier alpha value is -2.37. The molecule has 1 heterocycles.